The summed E-state index contributed by atoms with van der Waals surface area (Å²) in [5.74, 6) is -1.93. The van der Waals surface area contributed by atoms with Gasteiger partial charge in [0, 0.05) is 24.2 Å². The molecule has 2 aromatic rings. The Morgan fingerprint density at radius 1 is 1.20 bits per heavy atom. The van der Waals surface area contributed by atoms with Crippen LogP contribution in [0.15, 0.2) is 23.1 Å². The molecule has 0 unspecified atom stereocenters. The van der Waals surface area contributed by atoms with Crippen LogP contribution in [-0.2, 0) is 9.30 Å². The van der Waals surface area contributed by atoms with Crippen molar-refractivity contribution in [2.45, 2.75) is 56.3 Å². The van der Waals surface area contributed by atoms with Crippen molar-refractivity contribution in [3.05, 3.63) is 39.9 Å². The smallest absolute Gasteiger partial charge is 0.380 e. The van der Waals surface area contributed by atoms with Gasteiger partial charge in [-0.2, -0.15) is 8.78 Å². The fraction of sp³-hybridized carbons (Fsp3) is 0.545. The molecular formula is C22H27F3N3O6P. The minimum atomic E-state index is -5.83. The fourth-order valence-electron chi connectivity index (χ4n) is 4.54. The highest BCUT2D eigenvalue weighted by Gasteiger charge is 2.48. The number of fused-ring (bicyclic) bond motifs is 1. The zero-order valence-electron chi connectivity index (χ0n) is 18.8. The van der Waals surface area contributed by atoms with Gasteiger partial charge < -0.3 is 29.7 Å². The maximum atomic E-state index is 15.0. The van der Waals surface area contributed by atoms with E-state index in [9.17, 15) is 22.9 Å². The second-order valence-electron chi connectivity index (χ2n) is 9.02. The molecule has 9 nitrogen and oxygen atoms in total. The Hall–Kier alpha value is -2.40. The number of amides is 1. The van der Waals surface area contributed by atoms with Gasteiger partial charge in [0.1, 0.15) is 11.4 Å². The number of nitrogens with one attached hydrogen (secondary N) is 2. The monoisotopic (exact) mass is 517 g/mol. The largest absolute Gasteiger partial charge is 0.396 e. The normalized spacial score (nSPS) is 19.7. The standard InChI is InChI=1S/C22H27F3N3O6P/c23-17-8-15-19(9-18(17)27-13-4-2-1-3-5-13)28(14-6-7-34-11-14)10-16(20(15)29)21(30)26-12-22(24,25)35(31,32)33/h8-10,13-14,27H,1-7,11-12H2,(H,26,30)(H2,31,32,33)/t14-/m0/s1. The summed E-state index contributed by atoms with van der Waals surface area (Å²) in [7, 11) is -5.83. The van der Waals surface area contributed by atoms with Gasteiger partial charge in [-0.3, -0.25) is 14.2 Å². The topological polar surface area (TPSA) is 130 Å². The summed E-state index contributed by atoms with van der Waals surface area (Å²) >= 11 is 0. The van der Waals surface area contributed by atoms with E-state index in [1.165, 1.54) is 12.3 Å². The van der Waals surface area contributed by atoms with E-state index < -0.39 is 42.5 Å². The molecule has 1 saturated heterocycles. The van der Waals surface area contributed by atoms with Crippen molar-refractivity contribution in [1.29, 1.82) is 0 Å². The number of ether oxygens (including phenoxy) is 1. The predicted octanol–water partition coefficient (Wildman–Crippen LogP) is 3.35. The number of hydrogen-bond donors (Lipinski definition) is 4. The van der Waals surface area contributed by atoms with E-state index in [0.29, 0.717) is 18.5 Å². The highest BCUT2D eigenvalue weighted by molar-refractivity contribution is 7.53. The van der Waals surface area contributed by atoms with Crippen molar-refractivity contribution in [2.24, 2.45) is 0 Å². The number of carbonyl (C=O) groups excluding carboxylic acids is 1. The van der Waals surface area contributed by atoms with Crippen LogP contribution in [-0.4, -0.2) is 51.7 Å². The highest BCUT2D eigenvalue weighted by Crippen LogP contribution is 2.52. The number of benzene rings is 1. The Labute approximate surface area is 198 Å². The fourth-order valence-corrected chi connectivity index (χ4v) is 4.82. The molecule has 4 N–H and O–H groups in total. The van der Waals surface area contributed by atoms with Crippen LogP contribution in [0.4, 0.5) is 18.9 Å². The quantitative estimate of drug-likeness (QED) is 0.415. The predicted molar refractivity (Wildman–Crippen MR) is 122 cm³/mol. The minimum Gasteiger partial charge on any atom is -0.380 e. The summed E-state index contributed by atoms with van der Waals surface area (Å²) in [6.07, 6.45) is 6.77. The first kappa shape index (κ1) is 25.7. The van der Waals surface area contributed by atoms with Crippen molar-refractivity contribution >= 4 is 30.1 Å². The van der Waals surface area contributed by atoms with E-state index in [4.69, 9.17) is 14.5 Å². The van der Waals surface area contributed by atoms with Crippen molar-refractivity contribution in [3.8, 4) is 0 Å². The molecular weight excluding hydrogens is 490 g/mol. The molecule has 1 atom stereocenters. The molecule has 13 heteroatoms. The van der Waals surface area contributed by atoms with Crippen LogP contribution in [0.3, 0.4) is 0 Å². The van der Waals surface area contributed by atoms with E-state index >= 15 is 4.39 Å². The maximum Gasteiger partial charge on any atom is 0.396 e. The van der Waals surface area contributed by atoms with Gasteiger partial charge in [-0.25, -0.2) is 4.39 Å². The third-order valence-corrected chi connectivity index (χ3v) is 7.53. The van der Waals surface area contributed by atoms with E-state index in [2.05, 4.69) is 5.32 Å². The minimum absolute atomic E-state index is 0.103. The van der Waals surface area contributed by atoms with Crippen LogP contribution in [0.25, 0.3) is 10.9 Å². The summed E-state index contributed by atoms with van der Waals surface area (Å²) in [6.45, 7) is -0.959. The number of halogens is 3. The van der Waals surface area contributed by atoms with Crippen molar-refractivity contribution in [3.63, 3.8) is 0 Å². The lowest BCUT2D eigenvalue weighted by Crippen LogP contribution is -2.38. The zero-order chi connectivity index (χ0) is 25.4. The Balaban J connectivity index is 1.73. The van der Waals surface area contributed by atoms with Gasteiger partial charge in [-0.1, -0.05) is 19.3 Å². The van der Waals surface area contributed by atoms with Gasteiger partial charge in [-0.05, 0) is 31.4 Å². The van der Waals surface area contributed by atoms with Crippen molar-refractivity contribution < 1.29 is 37.1 Å². The van der Waals surface area contributed by atoms with Gasteiger partial charge in [0.05, 0.1) is 30.4 Å². The molecule has 0 bridgehead atoms. The second kappa shape index (κ2) is 9.93. The summed E-state index contributed by atoms with van der Waals surface area (Å²) in [4.78, 5) is 43.2. The lowest BCUT2D eigenvalue weighted by atomic mass is 9.95. The van der Waals surface area contributed by atoms with Crippen LogP contribution in [0.1, 0.15) is 54.9 Å². The molecule has 2 fully saturated rings. The number of aromatic nitrogens is 1. The number of nitrogens with zero attached hydrogens (tertiary/aromatic N) is 1. The Bertz CT molecular complexity index is 1220. The molecule has 1 aromatic carbocycles. The van der Waals surface area contributed by atoms with Gasteiger partial charge in [-0.15, -0.1) is 0 Å². The van der Waals surface area contributed by atoms with E-state index in [1.807, 2.05) is 0 Å². The van der Waals surface area contributed by atoms with E-state index in [-0.39, 0.29) is 29.8 Å². The Kier molecular flexibility index (Phi) is 7.28. The van der Waals surface area contributed by atoms with Crippen LogP contribution in [0, 0.1) is 5.82 Å². The molecule has 0 radical (unpaired) electrons. The SMILES string of the molecule is O=C(NCC(F)(F)P(=O)(O)O)c1cn([C@H]2CCOC2)c2cc(NC3CCCCC3)c(F)cc2c1=O. The molecule has 192 valence electrons. The summed E-state index contributed by atoms with van der Waals surface area (Å²) in [5.41, 5.74) is -5.34. The third kappa shape index (κ3) is 5.40. The molecule has 1 saturated carbocycles. The first-order valence-electron chi connectivity index (χ1n) is 11.4. The summed E-state index contributed by atoms with van der Waals surface area (Å²) in [6, 6.07) is 2.36. The Morgan fingerprint density at radius 3 is 2.54 bits per heavy atom. The van der Waals surface area contributed by atoms with Crippen molar-refractivity contribution in [2.75, 3.05) is 25.1 Å². The lowest BCUT2D eigenvalue weighted by Gasteiger charge is -2.25. The molecule has 2 heterocycles. The average Bonchev–Trinajstić information content (AvgIpc) is 3.33. The number of anilines is 1. The van der Waals surface area contributed by atoms with E-state index in [1.54, 1.807) is 9.88 Å². The molecule has 0 spiro atoms. The third-order valence-electron chi connectivity index (χ3n) is 6.52. The van der Waals surface area contributed by atoms with Crippen LogP contribution in [0.2, 0.25) is 0 Å². The molecule has 1 aliphatic carbocycles. The Morgan fingerprint density at radius 2 is 1.91 bits per heavy atom. The highest BCUT2D eigenvalue weighted by atomic mass is 31.2. The number of rotatable bonds is 7. The molecule has 4 rings (SSSR count). The number of hydrogen-bond acceptors (Lipinski definition) is 5. The lowest BCUT2D eigenvalue weighted by molar-refractivity contribution is 0.0547. The van der Waals surface area contributed by atoms with Crippen molar-refractivity contribution in [1.82, 2.24) is 9.88 Å². The van der Waals surface area contributed by atoms with Gasteiger partial charge in [0.2, 0.25) is 5.43 Å². The summed E-state index contributed by atoms with van der Waals surface area (Å²) < 4.78 is 60.3. The van der Waals surface area contributed by atoms with Crippen LogP contribution in [0.5, 0.6) is 0 Å². The molecule has 35 heavy (non-hydrogen) atoms. The maximum absolute atomic E-state index is 15.0. The van der Waals surface area contributed by atoms with Gasteiger partial charge >= 0.3 is 13.3 Å². The zero-order valence-corrected chi connectivity index (χ0v) is 19.7. The summed E-state index contributed by atoms with van der Waals surface area (Å²) in [5, 5.41) is 4.81. The van der Waals surface area contributed by atoms with Crippen LogP contribution < -0.4 is 16.1 Å². The number of pyridine rings is 1. The van der Waals surface area contributed by atoms with Gasteiger partial charge in [0.25, 0.3) is 5.91 Å². The molecule has 2 aliphatic rings. The first-order chi connectivity index (χ1) is 16.5. The molecule has 1 aromatic heterocycles. The van der Waals surface area contributed by atoms with E-state index in [0.717, 1.165) is 38.2 Å². The number of alkyl halides is 2. The van der Waals surface area contributed by atoms with Gasteiger partial charge in [0.15, 0.2) is 0 Å². The second-order valence-corrected chi connectivity index (χ2v) is 10.8. The average molecular weight is 517 g/mol. The number of carbonyl (C=O) groups is 1. The molecule has 1 amide bonds. The van der Waals surface area contributed by atoms with Crippen LogP contribution >= 0.6 is 7.60 Å². The first-order valence-corrected chi connectivity index (χ1v) is 13.0. The molecule has 1 aliphatic heterocycles.